The zero-order chi connectivity index (χ0) is 14.5. The Labute approximate surface area is 136 Å². The first-order valence-corrected chi connectivity index (χ1v) is 8.25. The molecule has 0 aliphatic rings. The molecule has 0 fully saturated rings. The van der Waals surface area contributed by atoms with Gasteiger partial charge in [0, 0.05) is 13.4 Å². The molecular weight excluding hydrogens is 383 g/mol. The normalized spacial score (nSPS) is 10.5. The molecule has 104 valence electrons. The van der Waals surface area contributed by atoms with E-state index in [0.29, 0.717) is 0 Å². The van der Waals surface area contributed by atoms with E-state index in [4.69, 9.17) is 5.11 Å². The van der Waals surface area contributed by atoms with Crippen LogP contribution in [0.2, 0.25) is 0 Å². The highest BCUT2D eigenvalue weighted by Crippen LogP contribution is 2.30. The van der Waals surface area contributed by atoms with Crippen molar-refractivity contribution >= 4 is 40.3 Å². The molecule has 0 aliphatic heterocycles. The molecule has 0 saturated heterocycles. The maximum Gasteiger partial charge on any atom is 0.307 e. The van der Waals surface area contributed by atoms with Gasteiger partial charge >= 0.3 is 5.97 Å². The Hall–Kier alpha value is -1.01. The number of hydrogen-bond donors (Lipinski definition) is 1. The smallest absolute Gasteiger partial charge is 0.307 e. The van der Waals surface area contributed by atoms with Crippen LogP contribution in [-0.2, 0) is 17.6 Å². The highest BCUT2D eigenvalue weighted by molar-refractivity contribution is 14.1. The first-order valence-electron chi connectivity index (χ1n) is 6.35. The molecule has 0 aliphatic carbocycles. The largest absolute Gasteiger partial charge is 0.481 e. The summed E-state index contributed by atoms with van der Waals surface area (Å²) in [5.74, 6) is -0.794. The number of aliphatic carboxylic acids is 1. The van der Waals surface area contributed by atoms with Gasteiger partial charge in [0.1, 0.15) is 0 Å². The summed E-state index contributed by atoms with van der Waals surface area (Å²) in [5, 5.41) is 8.92. The van der Waals surface area contributed by atoms with Crippen LogP contribution in [0, 0.1) is 3.57 Å². The summed E-state index contributed by atoms with van der Waals surface area (Å²) in [6.07, 6.45) is 1.11. The van der Waals surface area contributed by atoms with E-state index in [0.717, 1.165) is 20.4 Å². The molecule has 20 heavy (non-hydrogen) atoms. The van der Waals surface area contributed by atoms with Crippen molar-refractivity contribution in [2.24, 2.45) is 0 Å². The average Bonchev–Trinajstić information content (AvgIpc) is 2.43. The van der Waals surface area contributed by atoms with Crippen LogP contribution in [0.1, 0.15) is 18.1 Å². The summed E-state index contributed by atoms with van der Waals surface area (Å²) < 4.78 is 0.996. The van der Waals surface area contributed by atoms with Gasteiger partial charge in [-0.3, -0.25) is 4.79 Å². The molecule has 2 aromatic rings. The van der Waals surface area contributed by atoms with Gasteiger partial charge < -0.3 is 5.11 Å². The van der Waals surface area contributed by atoms with Crippen molar-refractivity contribution in [1.29, 1.82) is 0 Å². The molecule has 0 aromatic heterocycles. The van der Waals surface area contributed by atoms with Gasteiger partial charge in [-0.25, -0.2) is 0 Å². The van der Waals surface area contributed by atoms with Crippen LogP contribution < -0.4 is 0 Å². The second-order valence-electron chi connectivity index (χ2n) is 4.42. The topological polar surface area (TPSA) is 37.3 Å². The third kappa shape index (κ3) is 4.24. The number of carbonyl (C=O) groups is 1. The molecule has 2 aromatic carbocycles. The van der Waals surface area contributed by atoms with Gasteiger partial charge in [-0.1, -0.05) is 30.8 Å². The van der Waals surface area contributed by atoms with E-state index in [9.17, 15) is 4.79 Å². The molecule has 2 nitrogen and oxygen atoms in total. The van der Waals surface area contributed by atoms with Crippen molar-refractivity contribution in [2.45, 2.75) is 29.6 Å². The Balaban J connectivity index is 2.18. The SMILES string of the molecule is CCc1ccc(Sc2ccc(I)c(CC(=O)O)c2)cc1. The zero-order valence-electron chi connectivity index (χ0n) is 11.1. The van der Waals surface area contributed by atoms with E-state index in [1.54, 1.807) is 11.8 Å². The molecule has 0 radical (unpaired) electrons. The van der Waals surface area contributed by atoms with Crippen LogP contribution in [-0.4, -0.2) is 11.1 Å². The number of halogens is 1. The Kier molecular flexibility index (Phi) is 5.48. The predicted molar refractivity (Wildman–Crippen MR) is 90.4 cm³/mol. The fourth-order valence-electron chi connectivity index (χ4n) is 1.84. The summed E-state index contributed by atoms with van der Waals surface area (Å²) in [4.78, 5) is 13.1. The monoisotopic (exact) mass is 398 g/mol. The molecular formula is C16H15IO2S. The molecule has 0 unspecified atom stereocenters. The Morgan fingerprint density at radius 1 is 1.15 bits per heavy atom. The van der Waals surface area contributed by atoms with Crippen molar-refractivity contribution in [2.75, 3.05) is 0 Å². The number of aryl methyl sites for hydroxylation is 1. The second kappa shape index (κ2) is 7.13. The van der Waals surface area contributed by atoms with Crippen molar-refractivity contribution in [3.63, 3.8) is 0 Å². The molecule has 0 bridgehead atoms. The van der Waals surface area contributed by atoms with Crippen LogP contribution in [0.3, 0.4) is 0 Å². The predicted octanol–water partition coefficient (Wildman–Crippen LogP) is 4.63. The summed E-state index contributed by atoms with van der Waals surface area (Å²) in [7, 11) is 0. The van der Waals surface area contributed by atoms with E-state index in [1.165, 1.54) is 10.5 Å². The lowest BCUT2D eigenvalue weighted by molar-refractivity contribution is -0.136. The Bertz CT molecular complexity index is 608. The molecule has 0 atom stereocenters. The summed E-state index contributed by atoms with van der Waals surface area (Å²) in [6, 6.07) is 14.5. The Morgan fingerprint density at radius 3 is 2.40 bits per heavy atom. The fourth-order valence-corrected chi connectivity index (χ4v) is 3.25. The number of benzene rings is 2. The number of carboxylic acids is 1. The Morgan fingerprint density at radius 2 is 1.80 bits per heavy atom. The van der Waals surface area contributed by atoms with Crippen LogP contribution in [0.5, 0.6) is 0 Å². The van der Waals surface area contributed by atoms with Crippen LogP contribution >= 0.6 is 34.4 Å². The van der Waals surface area contributed by atoms with E-state index < -0.39 is 5.97 Å². The maximum atomic E-state index is 10.9. The van der Waals surface area contributed by atoms with E-state index in [2.05, 4.69) is 53.8 Å². The lowest BCUT2D eigenvalue weighted by Gasteiger charge is -2.07. The second-order valence-corrected chi connectivity index (χ2v) is 6.73. The van der Waals surface area contributed by atoms with E-state index in [1.807, 2.05) is 18.2 Å². The van der Waals surface area contributed by atoms with Crippen molar-refractivity contribution in [3.8, 4) is 0 Å². The van der Waals surface area contributed by atoms with Gasteiger partial charge in [0.15, 0.2) is 0 Å². The minimum absolute atomic E-state index is 0.0709. The first-order chi connectivity index (χ1) is 9.58. The molecule has 1 N–H and O–H groups in total. The third-order valence-corrected chi connectivity index (χ3v) is 4.98. The van der Waals surface area contributed by atoms with Crippen LogP contribution in [0.15, 0.2) is 52.3 Å². The molecule has 4 heteroatoms. The molecule has 0 heterocycles. The number of rotatable bonds is 5. The number of carboxylic acid groups (broad SMARTS) is 1. The van der Waals surface area contributed by atoms with Crippen molar-refractivity contribution in [3.05, 3.63) is 57.2 Å². The highest BCUT2D eigenvalue weighted by Gasteiger charge is 2.07. The van der Waals surface area contributed by atoms with Crippen molar-refractivity contribution < 1.29 is 9.90 Å². The maximum absolute atomic E-state index is 10.9. The number of hydrogen-bond acceptors (Lipinski definition) is 2. The zero-order valence-corrected chi connectivity index (χ0v) is 14.1. The minimum Gasteiger partial charge on any atom is -0.481 e. The summed E-state index contributed by atoms with van der Waals surface area (Å²) in [5.41, 5.74) is 2.19. The van der Waals surface area contributed by atoms with Gasteiger partial charge in [0.2, 0.25) is 0 Å². The van der Waals surface area contributed by atoms with Gasteiger partial charge in [-0.05, 0) is 70.5 Å². The average molecular weight is 398 g/mol. The van der Waals surface area contributed by atoms with Gasteiger partial charge in [-0.15, -0.1) is 0 Å². The fraction of sp³-hybridized carbons (Fsp3) is 0.188. The minimum atomic E-state index is -0.794. The van der Waals surface area contributed by atoms with Gasteiger partial charge in [0.05, 0.1) is 6.42 Å². The van der Waals surface area contributed by atoms with Crippen LogP contribution in [0.25, 0.3) is 0 Å². The summed E-state index contributed by atoms with van der Waals surface area (Å²) >= 11 is 3.84. The summed E-state index contributed by atoms with van der Waals surface area (Å²) in [6.45, 7) is 2.14. The standard InChI is InChI=1S/C16H15IO2S/c1-2-11-3-5-13(6-4-11)20-14-7-8-15(17)12(9-14)10-16(18)19/h3-9H,2,10H2,1H3,(H,18,19). The molecule has 0 saturated carbocycles. The molecule has 0 amide bonds. The highest BCUT2D eigenvalue weighted by atomic mass is 127. The molecule has 0 spiro atoms. The van der Waals surface area contributed by atoms with Gasteiger partial charge in [0.25, 0.3) is 0 Å². The quantitative estimate of drug-likeness (QED) is 0.747. The van der Waals surface area contributed by atoms with Crippen LogP contribution in [0.4, 0.5) is 0 Å². The van der Waals surface area contributed by atoms with E-state index in [-0.39, 0.29) is 6.42 Å². The third-order valence-electron chi connectivity index (χ3n) is 2.93. The molecule has 2 rings (SSSR count). The lowest BCUT2D eigenvalue weighted by Crippen LogP contribution is -2.01. The van der Waals surface area contributed by atoms with Crippen molar-refractivity contribution in [1.82, 2.24) is 0 Å². The van der Waals surface area contributed by atoms with Gasteiger partial charge in [-0.2, -0.15) is 0 Å². The lowest BCUT2D eigenvalue weighted by atomic mass is 10.1. The van der Waals surface area contributed by atoms with E-state index >= 15 is 0 Å². The first kappa shape index (κ1) is 15.4.